The third-order valence-electron chi connectivity index (χ3n) is 5.26. The van der Waals surface area contributed by atoms with E-state index in [0.29, 0.717) is 35.8 Å². The van der Waals surface area contributed by atoms with Gasteiger partial charge in [0.15, 0.2) is 0 Å². The van der Waals surface area contributed by atoms with Crippen LogP contribution in [0.25, 0.3) is 0 Å². The summed E-state index contributed by atoms with van der Waals surface area (Å²) in [5, 5.41) is 9.00. The van der Waals surface area contributed by atoms with Gasteiger partial charge in [0.1, 0.15) is 11.6 Å². The Morgan fingerprint density at radius 1 is 1.29 bits per heavy atom. The van der Waals surface area contributed by atoms with Gasteiger partial charge < -0.3 is 33.4 Å². The van der Waals surface area contributed by atoms with Gasteiger partial charge in [-0.25, -0.2) is 8.42 Å². The van der Waals surface area contributed by atoms with Gasteiger partial charge in [0.25, 0.3) is 5.91 Å². The SMILES string of the molecule is C[CH-]C.[CH-]=NN=[C-]c1cccc(NC(=O)c2cc3c(cc2OC)CCN(S(=O)(=O)C2CC2)C3)n1.[Li+]. The molecule has 1 aromatic carbocycles. The molecule has 0 unspecified atom stereocenters. The van der Waals surface area contributed by atoms with Gasteiger partial charge in [-0.3, -0.25) is 9.78 Å². The second-order valence-electron chi connectivity index (χ2n) is 7.92. The van der Waals surface area contributed by atoms with Crippen LogP contribution in [-0.2, 0) is 23.0 Å². The van der Waals surface area contributed by atoms with E-state index in [9.17, 15) is 13.2 Å². The van der Waals surface area contributed by atoms with Crippen molar-refractivity contribution < 1.29 is 36.8 Å². The summed E-state index contributed by atoms with van der Waals surface area (Å²) < 4.78 is 32.2. The average molecular weight is 490 g/mol. The van der Waals surface area contributed by atoms with Gasteiger partial charge in [-0.1, -0.05) is 11.9 Å². The Morgan fingerprint density at radius 3 is 2.63 bits per heavy atom. The molecule has 182 valence electrons. The quantitative estimate of drug-likeness (QED) is 0.259. The third kappa shape index (κ3) is 7.24. The van der Waals surface area contributed by atoms with Crippen molar-refractivity contribution in [2.75, 3.05) is 19.0 Å². The Balaban J connectivity index is 0.00000103. The van der Waals surface area contributed by atoms with Crippen molar-refractivity contribution in [1.82, 2.24) is 9.29 Å². The van der Waals surface area contributed by atoms with Crippen LogP contribution in [0.4, 0.5) is 5.82 Å². The second-order valence-corrected chi connectivity index (χ2v) is 10.1. The summed E-state index contributed by atoms with van der Waals surface area (Å²) in [7, 11) is -1.79. The molecular formula is C24H28LiN5O4S-2. The van der Waals surface area contributed by atoms with Gasteiger partial charge in [-0.15, -0.1) is 6.07 Å². The number of methoxy groups -OCH3 is 1. The smallest absolute Gasteiger partial charge is 0.496 e. The van der Waals surface area contributed by atoms with Gasteiger partial charge in [0.05, 0.1) is 17.9 Å². The first kappa shape index (κ1) is 28.7. The zero-order valence-electron chi connectivity index (χ0n) is 20.5. The molecule has 4 rings (SSSR count). The molecule has 1 aliphatic heterocycles. The first-order valence-corrected chi connectivity index (χ1v) is 12.4. The molecule has 35 heavy (non-hydrogen) atoms. The van der Waals surface area contributed by atoms with Crippen LogP contribution >= 0.6 is 0 Å². The summed E-state index contributed by atoms with van der Waals surface area (Å²) in [5.74, 6) is 0.285. The number of carbonyl (C=O) groups is 1. The number of hydrogen-bond acceptors (Lipinski definition) is 7. The average Bonchev–Trinajstić information content (AvgIpc) is 3.68. The number of carbonyl (C=O) groups excluding carboxylic acids is 1. The van der Waals surface area contributed by atoms with E-state index in [1.807, 2.05) is 20.3 Å². The van der Waals surface area contributed by atoms with Crippen molar-refractivity contribution in [3.8, 4) is 5.75 Å². The molecule has 1 aliphatic carbocycles. The number of amides is 1. The van der Waals surface area contributed by atoms with E-state index >= 15 is 0 Å². The maximum absolute atomic E-state index is 13.0. The molecule has 1 aromatic heterocycles. The van der Waals surface area contributed by atoms with Crippen molar-refractivity contribution in [1.29, 1.82) is 0 Å². The molecule has 0 saturated heterocycles. The summed E-state index contributed by atoms with van der Waals surface area (Å²) >= 11 is 0. The van der Waals surface area contributed by atoms with Crippen molar-refractivity contribution in [3.63, 3.8) is 0 Å². The molecule has 1 fully saturated rings. The molecule has 9 nitrogen and oxygen atoms in total. The van der Waals surface area contributed by atoms with Crippen LogP contribution in [0.1, 0.15) is 53.9 Å². The van der Waals surface area contributed by atoms with E-state index in [1.165, 1.54) is 11.4 Å². The Morgan fingerprint density at radius 2 is 2.00 bits per heavy atom. The summed E-state index contributed by atoms with van der Waals surface area (Å²) in [6, 6.07) is 8.44. The fourth-order valence-corrected chi connectivity index (χ4v) is 5.35. The molecule has 1 N–H and O–H groups in total. The van der Waals surface area contributed by atoms with E-state index in [2.05, 4.69) is 26.7 Å². The number of pyridine rings is 1. The Hall–Kier alpha value is -2.51. The Kier molecular flexibility index (Phi) is 10.7. The Bertz CT molecular complexity index is 1180. The van der Waals surface area contributed by atoms with Crippen molar-refractivity contribution in [2.45, 2.75) is 44.9 Å². The molecule has 0 radical (unpaired) electrons. The molecule has 1 amide bonds. The summed E-state index contributed by atoms with van der Waals surface area (Å²) in [4.78, 5) is 17.2. The largest absolute Gasteiger partial charge is 1.00 e. The summed E-state index contributed by atoms with van der Waals surface area (Å²) in [5.41, 5.74) is 2.43. The third-order valence-corrected chi connectivity index (χ3v) is 7.61. The Labute approximate surface area is 219 Å². The van der Waals surface area contributed by atoms with Crippen LogP contribution in [0.15, 0.2) is 40.5 Å². The first-order chi connectivity index (χ1) is 16.3. The zero-order valence-corrected chi connectivity index (χ0v) is 21.3. The van der Waals surface area contributed by atoms with E-state index in [1.54, 1.807) is 30.3 Å². The van der Waals surface area contributed by atoms with Crippen molar-refractivity contribution >= 4 is 34.7 Å². The number of nitrogens with zero attached hydrogens (tertiary/aromatic N) is 4. The molecular weight excluding hydrogens is 461 g/mol. The predicted octanol–water partition coefficient (Wildman–Crippen LogP) is 0.216. The molecule has 2 aliphatic rings. The molecule has 11 heteroatoms. The zero-order chi connectivity index (χ0) is 24.7. The summed E-state index contributed by atoms with van der Waals surface area (Å²) in [6.45, 7) is 9.64. The molecule has 1 saturated carbocycles. The van der Waals surface area contributed by atoms with Gasteiger partial charge in [0.2, 0.25) is 10.0 Å². The maximum atomic E-state index is 13.0. The fourth-order valence-electron chi connectivity index (χ4n) is 3.53. The maximum Gasteiger partial charge on any atom is 1.00 e. The fraction of sp³-hybridized carbons (Fsp3) is 0.375. The minimum Gasteiger partial charge on any atom is -0.496 e. The topological polar surface area (TPSA) is 113 Å². The molecule has 2 heterocycles. The molecule has 0 bridgehead atoms. The molecule has 2 aromatic rings. The van der Waals surface area contributed by atoms with Crippen LogP contribution in [0.5, 0.6) is 5.75 Å². The number of ether oxygens (including phenoxy) is 1. The van der Waals surface area contributed by atoms with E-state index in [-0.39, 0.29) is 30.7 Å². The van der Waals surface area contributed by atoms with Crippen molar-refractivity contribution in [3.05, 3.63) is 59.1 Å². The minimum atomic E-state index is -3.28. The molecule has 0 spiro atoms. The number of anilines is 1. The van der Waals surface area contributed by atoms with Crippen LogP contribution in [0.3, 0.4) is 0 Å². The van der Waals surface area contributed by atoms with E-state index < -0.39 is 15.9 Å². The van der Waals surface area contributed by atoms with Crippen LogP contribution < -0.4 is 28.9 Å². The minimum absolute atomic E-state index is 0. The van der Waals surface area contributed by atoms with Gasteiger partial charge in [-0.2, -0.15) is 24.2 Å². The normalized spacial score (nSPS) is 15.3. The van der Waals surface area contributed by atoms with Crippen LogP contribution in [-0.4, -0.2) is 55.5 Å². The van der Waals surface area contributed by atoms with Gasteiger partial charge >= 0.3 is 18.9 Å². The number of sulfonamides is 1. The number of fused-ring (bicyclic) bond motifs is 1. The van der Waals surface area contributed by atoms with E-state index in [4.69, 9.17) is 11.5 Å². The van der Waals surface area contributed by atoms with Gasteiger partial charge in [0, 0.05) is 13.1 Å². The standard InChI is InChI=1S/C21H21N5O4S.C3H7.Li/c1-22-23-12-16-4-3-5-20(24-16)25-21(27)18-10-15-13-26(31(28,29)17-6-7-17)9-8-14(15)11-19(18)30-2;1-3-2;/h1,3-5,10-11,17H,6-9,13H2,2H3,(H,24,25,27);3H,1-2H3;/q-2;-1;+1. The van der Waals surface area contributed by atoms with Crippen LogP contribution in [0.2, 0.25) is 0 Å². The van der Waals surface area contributed by atoms with Gasteiger partial charge in [-0.05, 0) is 48.6 Å². The van der Waals surface area contributed by atoms with E-state index in [0.717, 1.165) is 24.0 Å². The predicted molar refractivity (Wildman–Crippen MR) is 132 cm³/mol. The number of hydrogen-bond donors (Lipinski definition) is 1. The van der Waals surface area contributed by atoms with Crippen LogP contribution in [0, 0.1) is 6.42 Å². The van der Waals surface area contributed by atoms with Crippen molar-refractivity contribution in [2.24, 2.45) is 10.2 Å². The second kappa shape index (κ2) is 13.0. The number of rotatable bonds is 7. The monoisotopic (exact) mass is 489 g/mol. The number of aromatic nitrogens is 1. The first-order valence-electron chi connectivity index (χ1n) is 10.9. The number of nitrogens with one attached hydrogen (secondary N) is 1. The number of benzene rings is 1. The molecule has 0 atom stereocenters. The summed E-state index contributed by atoms with van der Waals surface area (Å²) in [6.07, 6.45) is 6.54.